The fourth-order valence-electron chi connectivity index (χ4n) is 3.24. The molecule has 1 aromatic rings. The molecule has 0 aliphatic carbocycles. The summed E-state index contributed by atoms with van der Waals surface area (Å²) in [5, 5.41) is 3.09. The van der Waals surface area contributed by atoms with Crippen molar-refractivity contribution in [2.45, 2.75) is 45.7 Å². The van der Waals surface area contributed by atoms with Crippen molar-refractivity contribution >= 4 is 24.2 Å². The summed E-state index contributed by atoms with van der Waals surface area (Å²) in [6.45, 7) is 6.51. The highest BCUT2D eigenvalue weighted by Gasteiger charge is 2.31. The highest BCUT2D eigenvalue weighted by atomic mass is 35.5. The Labute approximate surface area is 165 Å². The first-order chi connectivity index (χ1) is 12.4. The van der Waals surface area contributed by atoms with Crippen molar-refractivity contribution in [3.05, 3.63) is 35.4 Å². The van der Waals surface area contributed by atoms with E-state index >= 15 is 0 Å². The Kier molecular flexibility index (Phi) is 9.66. The molecule has 0 bridgehead atoms. The summed E-state index contributed by atoms with van der Waals surface area (Å²) in [7, 11) is 0. The molecule has 8 heteroatoms. The molecule has 2 rings (SSSR count). The number of carbonyl (C=O) groups is 2. The van der Waals surface area contributed by atoms with Crippen LogP contribution in [0.2, 0.25) is 0 Å². The molecule has 1 atom stereocenters. The molecule has 1 unspecified atom stereocenters. The zero-order valence-electron chi connectivity index (χ0n) is 15.8. The van der Waals surface area contributed by atoms with Gasteiger partial charge in [0.25, 0.3) is 0 Å². The van der Waals surface area contributed by atoms with Crippen molar-refractivity contribution in [3.8, 4) is 0 Å². The summed E-state index contributed by atoms with van der Waals surface area (Å²) in [6.07, 6.45) is 1.84. The van der Waals surface area contributed by atoms with Gasteiger partial charge in [-0.15, -0.1) is 12.4 Å². The molecule has 1 fully saturated rings. The number of nitrogens with one attached hydrogen (secondary N) is 1. The first kappa shape index (κ1) is 23.3. The van der Waals surface area contributed by atoms with Crippen LogP contribution in [0.1, 0.15) is 38.7 Å². The van der Waals surface area contributed by atoms with Gasteiger partial charge in [-0.05, 0) is 30.5 Å². The van der Waals surface area contributed by atoms with E-state index in [1.165, 1.54) is 12.1 Å². The minimum atomic E-state index is -0.663. The molecule has 2 amide bonds. The van der Waals surface area contributed by atoms with Gasteiger partial charge in [0.05, 0.1) is 12.5 Å². The molecule has 1 saturated heterocycles. The van der Waals surface area contributed by atoms with Crippen LogP contribution in [0.3, 0.4) is 0 Å². The van der Waals surface area contributed by atoms with Crippen molar-refractivity contribution in [2.75, 3.05) is 26.2 Å². The Bertz CT molecular complexity index is 619. The maximum Gasteiger partial charge on any atom is 0.240 e. The Morgan fingerprint density at radius 2 is 1.78 bits per heavy atom. The second-order valence-electron chi connectivity index (χ2n) is 6.63. The molecule has 1 aliphatic rings. The third-order valence-corrected chi connectivity index (χ3v) is 4.40. The van der Waals surface area contributed by atoms with E-state index in [9.17, 15) is 18.4 Å². The van der Waals surface area contributed by atoms with Gasteiger partial charge in [0.1, 0.15) is 11.6 Å². The molecule has 1 aliphatic heterocycles. The molecule has 0 radical (unpaired) electrons. The van der Waals surface area contributed by atoms with Gasteiger partial charge in [-0.2, -0.15) is 0 Å². The third kappa shape index (κ3) is 6.74. The van der Waals surface area contributed by atoms with Gasteiger partial charge in [0, 0.05) is 38.8 Å². The lowest BCUT2D eigenvalue weighted by Gasteiger charge is -2.34. The molecule has 0 aromatic heterocycles. The van der Waals surface area contributed by atoms with Crippen molar-refractivity contribution in [1.29, 1.82) is 0 Å². The summed E-state index contributed by atoms with van der Waals surface area (Å²) < 4.78 is 26.7. The first-order valence-corrected chi connectivity index (χ1v) is 9.19. The Morgan fingerprint density at radius 3 is 2.33 bits per heavy atom. The van der Waals surface area contributed by atoms with E-state index < -0.39 is 17.7 Å². The average Bonchev–Trinajstić information content (AvgIpc) is 2.57. The normalized spacial score (nSPS) is 16.8. The summed E-state index contributed by atoms with van der Waals surface area (Å²) in [5.74, 6) is -1.58. The van der Waals surface area contributed by atoms with Crippen LogP contribution in [-0.2, 0) is 16.1 Å². The fraction of sp³-hybridized carbons (Fsp3) is 0.579. The lowest BCUT2D eigenvalue weighted by atomic mass is 10.1. The highest BCUT2D eigenvalue weighted by molar-refractivity contribution is 5.89. The van der Waals surface area contributed by atoms with Crippen LogP contribution in [0.5, 0.6) is 0 Å². The second-order valence-corrected chi connectivity index (χ2v) is 6.63. The van der Waals surface area contributed by atoms with Crippen LogP contribution in [0.4, 0.5) is 8.78 Å². The van der Waals surface area contributed by atoms with E-state index in [0.717, 1.165) is 18.9 Å². The number of hydrogen-bond acceptors (Lipinski definition) is 3. The minimum Gasteiger partial charge on any atom is -0.343 e. The summed E-state index contributed by atoms with van der Waals surface area (Å²) in [5.41, 5.74) is 0.404. The van der Waals surface area contributed by atoms with Crippen LogP contribution < -0.4 is 5.32 Å². The molecule has 0 spiro atoms. The third-order valence-electron chi connectivity index (χ3n) is 4.40. The monoisotopic (exact) mass is 403 g/mol. The predicted octanol–water partition coefficient (Wildman–Crippen LogP) is 2.73. The predicted molar refractivity (Wildman–Crippen MR) is 103 cm³/mol. The zero-order chi connectivity index (χ0) is 19.1. The second kappa shape index (κ2) is 11.2. The van der Waals surface area contributed by atoms with Crippen LogP contribution in [0.25, 0.3) is 0 Å². The molecule has 1 aromatic carbocycles. The van der Waals surface area contributed by atoms with Crippen LogP contribution in [0.15, 0.2) is 18.2 Å². The average molecular weight is 404 g/mol. The maximum absolute atomic E-state index is 13.4. The van der Waals surface area contributed by atoms with E-state index in [4.69, 9.17) is 0 Å². The van der Waals surface area contributed by atoms with Gasteiger partial charge in [-0.1, -0.05) is 13.8 Å². The molecule has 1 N–H and O–H groups in total. The highest BCUT2D eigenvalue weighted by Crippen LogP contribution is 2.14. The zero-order valence-corrected chi connectivity index (χ0v) is 16.7. The van der Waals surface area contributed by atoms with Crippen molar-refractivity contribution in [2.24, 2.45) is 0 Å². The molecule has 152 valence electrons. The first-order valence-electron chi connectivity index (χ1n) is 9.19. The van der Waals surface area contributed by atoms with E-state index in [2.05, 4.69) is 5.32 Å². The van der Waals surface area contributed by atoms with Gasteiger partial charge in [0.2, 0.25) is 11.8 Å². The molecule has 5 nitrogen and oxygen atoms in total. The van der Waals surface area contributed by atoms with E-state index in [0.29, 0.717) is 31.7 Å². The van der Waals surface area contributed by atoms with Crippen molar-refractivity contribution < 1.29 is 18.4 Å². The van der Waals surface area contributed by atoms with Crippen molar-refractivity contribution in [3.63, 3.8) is 0 Å². The summed E-state index contributed by atoms with van der Waals surface area (Å²) in [6, 6.07) is 2.66. The lowest BCUT2D eigenvalue weighted by molar-refractivity contribution is -0.141. The smallest absolute Gasteiger partial charge is 0.240 e. The number of benzene rings is 1. The van der Waals surface area contributed by atoms with Crippen molar-refractivity contribution in [1.82, 2.24) is 15.1 Å². The maximum atomic E-state index is 13.4. The summed E-state index contributed by atoms with van der Waals surface area (Å²) >= 11 is 0. The number of amides is 2. The van der Waals surface area contributed by atoms with E-state index in [1.807, 2.05) is 13.8 Å². The SMILES string of the molecule is CCCN(CCC)C(=O)CC1NCCN(Cc2cc(F)cc(F)c2)C1=O.Cl. The number of hydrogen-bond donors (Lipinski definition) is 1. The van der Waals surface area contributed by atoms with Gasteiger partial charge in [-0.3, -0.25) is 9.59 Å². The Hall–Kier alpha value is -1.73. The number of piperazine rings is 1. The summed E-state index contributed by atoms with van der Waals surface area (Å²) in [4.78, 5) is 28.5. The number of nitrogens with zero attached hydrogens (tertiary/aromatic N) is 2. The molecular weight excluding hydrogens is 376 g/mol. The standard InChI is InChI=1S/C19H27F2N3O2.ClH/c1-3-6-23(7-4-2)18(25)12-17-19(26)24(8-5-22-17)13-14-9-15(20)11-16(21)10-14;/h9-11,17,22H,3-8,12-13H2,1-2H3;1H. The number of carbonyl (C=O) groups excluding carboxylic acids is 2. The molecule has 0 saturated carbocycles. The molecule has 1 heterocycles. The minimum absolute atomic E-state index is 0. The number of rotatable bonds is 8. The lowest BCUT2D eigenvalue weighted by Crippen LogP contribution is -2.56. The van der Waals surface area contributed by atoms with E-state index in [1.54, 1.807) is 9.80 Å². The molecular formula is C19H28ClF2N3O2. The van der Waals surface area contributed by atoms with Gasteiger partial charge >= 0.3 is 0 Å². The Morgan fingerprint density at radius 1 is 1.19 bits per heavy atom. The van der Waals surface area contributed by atoms with Gasteiger partial charge in [-0.25, -0.2) is 8.78 Å². The number of halogens is 3. The van der Waals surface area contributed by atoms with E-state index in [-0.39, 0.29) is 37.2 Å². The molecule has 27 heavy (non-hydrogen) atoms. The topological polar surface area (TPSA) is 52.7 Å². The largest absolute Gasteiger partial charge is 0.343 e. The van der Waals surface area contributed by atoms with Gasteiger partial charge < -0.3 is 15.1 Å². The van der Waals surface area contributed by atoms with Crippen LogP contribution in [-0.4, -0.2) is 53.8 Å². The fourth-order valence-corrected chi connectivity index (χ4v) is 3.24. The quantitative estimate of drug-likeness (QED) is 0.726. The van der Waals surface area contributed by atoms with Crippen LogP contribution in [0, 0.1) is 11.6 Å². The Balaban J connectivity index is 0.00000364. The van der Waals surface area contributed by atoms with Gasteiger partial charge in [0.15, 0.2) is 0 Å². The van der Waals surface area contributed by atoms with Crippen LogP contribution >= 0.6 is 12.4 Å².